The third kappa shape index (κ3) is 3.83. The van der Waals surface area contributed by atoms with E-state index in [1.165, 1.54) is 17.2 Å². The molecule has 0 saturated heterocycles. The Morgan fingerprint density at radius 1 is 1.09 bits per heavy atom. The quantitative estimate of drug-likeness (QED) is 0.411. The lowest BCUT2D eigenvalue weighted by molar-refractivity contribution is 0.623. The van der Waals surface area contributed by atoms with Crippen LogP contribution in [-0.2, 0) is 25.9 Å². The summed E-state index contributed by atoms with van der Waals surface area (Å²) in [7, 11) is 0. The van der Waals surface area contributed by atoms with Crippen LogP contribution in [0.25, 0.3) is 10.9 Å². The van der Waals surface area contributed by atoms with Crippen LogP contribution < -0.4 is 4.90 Å². The minimum absolute atomic E-state index is 0. The monoisotopic (exact) mass is 446 g/mol. The van der Waals surface area contributed by atoms with E-state index in [9.17, 15) is 9.65 Å². The molecular formula is C26H24ClFN4. The van der Waals surface area contributed by atoms with Crippen molar-refractivity contribution in [2.45, 2.75) is 32.9 Å². The predicted octanol–water partition coefficient (Wildman–Crippen LogP) is 5.58. The number of rotatable bonds is 4. The van der Waals surface area contributed by atoms with Crippen LogP contribution in [0.5, 0.6) is 0 Å². The van der Waals surface area contributed by atoms with Crippen LogP contribution in [0.15, 0.2) is 60.8 Å². The summed E-state index contributed by atoms with van der Waals surface area (Å²) in [5.41, 5.74) is 6.69. The number of pyridine rings is 1. The maximum atomic E-state index is 13.8. The highest BCUT2D eigenvalue weighted by molar-refractivity contribution is 5.94. The van der Waals surface area contributed by atoms with Gasteiger partial charge in [0.25, 0.3) is 0 Å². The molecular weight excluding hydrogens is 423 g/mol. The molecule has 0 aliphatic carbocycles. The van der Waals surface area contributed by atoms with Gasteiger partial charge in [-0.15, -0.1) is 12.4 Å². The number of nitrogens with zero attached hydrogens (tertiary/aromatic N) is 4. The van der Waals surface area contributed by atoms with E-state index >= 15 is 0 Å². The van der Waals surface area contributed by atoms with Crippen molar-refractivity contribution in [3.05, 3.63) is 94.6 Å². The molecule has 0 radical (unpaired) electrons. The van der Waals surface area contributed by atoms with Crippen molar-refractivity contribution in [3.8, 4) is 6.07 Å². The molecule has 0 bridgehead atoms. The molecule has 4 aromatic rings. The van der Waals surface area contributed by atoms with E-state index < -0.39 is 0 Å². The van der Waals surface area contributed by atoms with E-state index in [2.05, 4.69) is 39.8 Å². The minimum atomic E-state index is -0.241. The molecule has 162 valence electrons. The highest BCUT2D eigenvalue weighted by Gasteiger charge is 2.23. The number of benzene rings is 2. The van der Waals surface area contributed by atoms with Gasteiger partial charge in [0.1, 0.15) is 5.82 Å². The third-order valence-electron chi connectivity index (χ3n) is 6.26. The van der Waals surface area contributed by atoms with Crippen LogP contribution in [0.3, 0.4) is 0 Å². The first kappa shape index (κ1) is 21.9. The topological polar surface area (TPSA) is 44.9 Å². The van der Waals surface area contributed by atoms with Crippen LogP contribution in [0.1, 0.15) is 27.9 Å². The normalized spacial score (nSPS) is 12.8. The van der Waals surface area contributed by atoms with Crippen molar-refractivity contribution in [2.24, 2.45) is 0 Å². The Hall–Kier alpha value is -3.36. The molecule has 1 aliphatic heterocycles. The van der Waals surface area contributed by atoms with Gasteiger partial charge >= 0.3 is 0 Å². The van der Waals surface area contributed by atoms with Crippen LogP contribution in [0.2, 0.25) is 0 Å². The second kappa shape index (κ2) is 9.02. The maximum Gasteiger partial charge on any atom is 0.153 e. The summed E-state index contributed by atoms with van der Waals surface area (Å²) in [6, 6.07) is 19.6. The van der Waals surface area contributed by atoms with Gasteiger partial charge in [-0.1, -0.05) is 36.4 Å². The van der Waals surface area contributed by atoms with E-state index in [0.29, 0.717) is 13.0 Å². The lowest BCUT2D eigenvalue weighted by Crippen LogP contribution is -2.31. The van der Waals surface area contributed by atoms with E-state index in [0.717, 1.165) is 53.1 Å². The molecule has 0 fully saturated rings. The van der Waals surface area contributed by atoms with Gasteiger partial charge in [0.15, 0.2) is 5.82 Å². The van der Waals surface area contributed by atoms with E-state index in [1.54, 1.807) is 12.1 Å². The first-order valence-electron chi connectivity index (χ1n) is 10.6. The molecule has 0 spiro atoms. The zero-order chi connectivity index (χ0) is 21.4. The molecule has 5 rings (SSSR count). The summed E-state index contributed by atoms with van der Waals surface area (Å²) in [4.78, 5) is 7.11. The molecule has 0 saturated carbocycles. The van der Waals surface area contributed by atoms with Crippen molar-refractivity contribution in [1.29, 1.82) is 5.26 Å². The van der Waals surface area contributed by atoms with Crippen LogP contribution in [0, 0.1) is 24.1 Å². The number of fused-ring (bicyclic) bond motifs is 2. The lowest BCUT2D eigenvalue weighted by Gasteiger charge is -2.30. The number of halogens is 2. The Morgan fingerprint density at radius 3 is 2.69 bits per heavy atom. The summed E-state index contributed by atoms with van der Waals surface area (Å²) in [5.74, 6) is 0.686. The fourth-order valence-corrected chi connectivity index (χ4v) is 4.70. The van der Waals surface area contributed by atoms with Crippen LogP contribution in [0.4, 0.5) is 10.2 Å². The first-order chi connectivity index (χ1) is 15.2. The first-order valence-corrected chi connectivity index (χ1v) is 10.6. The molecule has 6 heteroatoms. The molecule has 0 amide bonds. The predicted molar refractivity (Wildman–Crippen MR) is 128 cm³/mol. The Kier molecular flexibility index (Phi) is 6.16. The molecule has 4 nitrogen and oxygen atoms in total. The summed E-state index contributed by atoms with van der Waals surface area (Å²) < 4.78 is 16.0. The molecule has 32 heavy (non-hydrogen) atoms. The Labute approximate surface area is 193 Å². The Bertz CT molecular complexity index is 1320. The minimum Gasteiger partial charge on any atom is -0.350 e. The molecule has 0 N–H and O–H groups in total. The van der Waals surface area contributed by atoms with Crippen LogP contribution in [-0.4, -0.2) is 16.1 Å². The Balaban J connectivity index is 0.00000245. The summed E-state index contributed by atoms with van der Waals surface area (Å²) in [5, 5.41) is 10.5. The molecule has 0 atom stereocenters. The van der Waals surface area contributed by atoms with Gasteiger partial charge in [-0.05, 0) is 53.8 Å². The summed E-state index contributed by atoms with van der Waals surface area (Å²) >= 11 is 0. The number of anilines is 1. The van der Waals surface area contributed by atoms with Crippen molar-refractivity contribution in [3.63, 3.8) is 0 Å². The summed E-state index contributed by atoms with van der Waals surface area (Å²) in [6.07, 6.45) is 3.15. The van der Waals surface area contributed by atoms with Gasteiger partial charge in [0, 0.05) is 36.9 Å². The number of nitriles is 1. The number of hydrogen-bond donors (Lipinski definition) is 0. The average Bonchev–Trinajstić information content (AvgIpc) is 3.05. The highest BCUT2D eigenvalue weighted by atomic mass is 35.5. The molecule has 2 aromatic carbocycles. The molecule has 1 aliphatic rings. The fraction of sp³-hybridized carbons (Fsp3) is 0.231. The van der Waals surface area contributed by atoms with Crippen molar-refractivity contribution in [2.75, 3.05) is 11.4 Å². The molecule has 0 unspecified atom stereocenters. The zero-order valence-corrected chi connectivity index (χ0v) is 18.7. The highest BCUT2D eigenvalue weighted by Crippen LogP contribution is 2.35. The smallest absolute Gasteiger partial charge is 0.153 e. The SMILES string of the molecule is Cc1c(CC#N)c2ccnc(N3CCc4ccccc4C3)c2n1Cc1cccc(F)c1.Cl. The number of hydrogen-bond acceptors (Lipinski definition) is 3. The molecule has 3 heterocycles. The average molecular weight is 447 g/mol. The lowest BCUT2D eigenvalue weighted by atomic mass is 10.00. The van der Waals surface area contributed by atoms with Crippen molar-refractivity contribution in [1.82, 2.24) is 9.55 Å². The standard InChI is InChI=1S/C26H23FN4.ClH/c1-18-23(9-12-28)24-10-13-29-26(30-14-11-20-6-2-3-7-21(20)17-30)25(24)31(18)16-19-5-4-8-22(27)15-19;/h2-8,10,13,15H,9,11,14,16-17H2,1H3;1H. The third-order valence-corrected chi connectivity index (χ3v) is 6.26. The fourth-order valence-electron chi connectivity index (χ4n) is 4.70. The largest absolute Gasteiger partial charge is 0.350 e. The van der Waals surface area contributed by atoms with Gasteiger partial charge in [-0.25, -0.2) is 9.37 Å². The van der Waals surface area contributed by atoms with Gasteiger partial charge in [-0.2, -0.15) is 5.26 Å². The van der Waals surface area contributed by atoms with E-state index in [4.69, 9.17) is 4.98 Å². The molecule has 2 aromatic heterocycles. The zero-order valence-electron chi connectivity index (χ0n) is 17.9. The second-order valence-electron chi connectivity index (χ2n) is 8.09. The van der Waals surface area contributed by atoms with Gasteiger partial charge in [0.05, 0.1) is 18.0 Å². The van der Waals surface area contributed by atoms with E-state index in [-0.39, 0.29) is 18.2 Å². The second-order valence-corrected chi connectivity index (χ2v) is 8.09. The van der Waals surface area contributed by atoms with Crippen LogP contribution >= 0.6 is 12.4 Å². The van der Waals surface area contributed by atoms with Crippen molar-refractivity contribution >= 4 is 29.1 Å². The van der Waals surface area contributed by atoms with Gasteiger partial charge in [0.2, 0.25) is 0 Å². The van der Waals surface area contributed by atoms with Gasteiger partial charge in [-0.3, -0.25) is 0 Å². The van der Waals surface area contributed by atoms with Gasteiger partial charge < -0.3 is 9.47 Å². The number of aromatic nitrogens is 2. The maximum absolute atomic E-state index is 13.8. The Morgan fingerprint density at radius 2 is 1.91 bits per heavy atom. The van der Waals surface area contributed by atoms with E-state index in [1.807, 2.05) is 25.3 Å². The summed E-state index contributed by atoms with van der Waals surface area (Å²) in [6.45, 7) is 4.27. The van der Waals surface area contributed by atoms with Crippen molar-refractivity contribution < 1.29 is 4.39 Å².